The highest BCUT2D eigenvalue weighted by atomic mass is 32.2. The van der Waals surface area contributed by atoms with Crippen LogP contribution in [0.3, 0.4) is 0 Å². The lowest BCUT2D eigenvalue weighted by Crippen LogP contribution is -2.30. The van der Waals surface area contributed by atoms with Crippen molar-refractivity contribution in [1.29, 1.82) is 0 Å². The molecule has 0 saturated heterocycles. The summed E-state index contributed by atoms with van der Waals surface area (Å²) < 4.78 is 19.6. The molecule has 30 heavy (non-hydrogen) atoms. The first kappa shape index (κ1) is 20.6. The van der Waals surface area contributed by atoms with E-state index < -0.39 is 0 Å². The summed E-state index contributed by atoms with van der Waals surface area (Å²) in [5.41, 5.74) is 3.25. The number of anilines is 1. The Morgan fingerprint density at radius 1 is 1.17 bits per heavy atom. The van der Waals surface area contributed by atoms with E-state index in [1.165, 1.54) is 40.8 Å². The van der Waals surface area contributed by atoms with Crippen molar-refractivity contribution in [3.05, 3.63) is 77.5 Å². The second kappa shape index (κ2) is 9.02. The van der Waals surface area contributed by atoms with Crippen LogP contribution in [0.15, 0.2) is 64.1 Å². The molecule has 0 bridgehead atoms. The molecule has 2 aromatic carbocycles. The smallest absolute Gasteiger partial charge is 0.230 e. The molecule has 4 rings (SSSR count). The SMILES string of the molecule is Cc1ccc2sc(N(Cc3ccco3)C(=O)CCSc3ccc(F)cc3)nc2c1C. The van der Waals surface area contributed by atoms with Crippen LogP contribution < -0.4 is 4.90 Å². The van der Waals surface area contributed by atoms with E-state index in [1.54, 1.807) is 23.3 Å². The summed E-state index contributed by atoms with van der Waals surface area (Å²) in [6.07, 6.45) is 1.95. The van der Waals surface area contributed by atoms with E-state index in [0.29, 0.717) is 29.6 Å². The number of carbonyl (C=O) groups is 1. The van der Waals surface area contributed by atoms with E-state index in [0.717, 1.165) is 20.7 Å². The second-order valence-corrected chi connectivity index (χ2v) is 9.14. The van der Waals surface area contributed by atoms with E-state index in [9.17, 15) is 9.18 Å². The molecule has 0 saturated carbocycles. The first-order valence-electron chi connectivity index (χ1n) is 9.59. The van der Waals surface area contributed by atoms with Crippen LogP contribution in [0, 0.1) is 19.7 Å². The van der Waals surface area contributed by atoms with Gasteiger partial charge < -0.3 is 4.42 Å². The molecule has 0 unspecified atom stereocenters. The molecule has 7 heteroatoms. The molecular weight excluding hydrogens is 419 g/mol. The van der Waals surface area contributed by atoms with Crippen molar-refractivity contribution in [1.82, 2.24) is 4.98 Å². The van der Waals surface area contributed by atoms with E-state index >= 15 is 0 Å². The molecule has 0 fully saturated rings. The summed E-state index contributed by atoms with van der Waals surface area (Å²) in [7, 11) is 0. The number of hydrogen-bond donors (Lipinski definition) is 0. The average Bonchev–Trinajstić information content (AvgIpc) is 3.40. The molecule has 0 aliphatic carbocycles. The zero-order valence-electron chi connectivity index (χ0n) is 16.7. The fourth-order valence-electron chi connectivity index (χ4n) is 3.07. The number of halogens is 1. The number of rotatable bonds is 7. The maximum atomic E-state index is 13.1. The van der Waals surface area contributed by atoms with E-state index in [4.69, 9.17) is 9.40 Å². The Labute approximate surface area is 182 Å². The van der Waals surface area contributed by atoms with Crippen molar-refractivity contribution in [3.8, 4) is 0 Å². The van der Waals surface area contributed by atoms with Crippen molar-refractivity contribution >= 4 is 44.4 Å². The van der Waals surface area contributed by atoms with Crippen molar-refractivity contribution in [2.45, 2.75) is 31.7 Å². The number of carbonyl (C=O) groups excluding carboxylic acids is 1. The lowest BCUT2D eigenvalue weighted by atomic mass is 10.1. The Morgan fingerprint density at radius 3 is 2.70 bits per heavy atom. The minimum Gasteiger partial charge on any atom is -0.467 e. The van der Waals surface area contributed by atoms with Crippen LogP contribution in [-0.2, 0) is 11.3 Å². The van der Waals surface area contributed by atoms with E-state index in [-0.39, 0.29) is 11.7 Å². The Balaban J connectivity index is 1.54. The molecule has 4 aromatic rings. The van der Waals surface area contributed by atoms with Gasteiger partial charge in [0.2, 0.25) is 5.91 Å². The van der Waals surface area contributed by atoms with Gasteiger partial charge in [0.1, 0.15) is 11.6 Å². The van der Waals surface area contributed by atoms with Gasteiger partial charge in [-0.25, -0.2) is 9.37 Å². The molecule has 0 N–H and O–H groups in total. The summed E-state index contributed by atoms with van der Waals surface area (Å²) >= 11 is 3.05. The minimum absolute atomic E-state index is 0.0190. The minimum atomic E-state index is -0.263. The topological polar surface area (TPSA) is 46.3 Å². The highest BCUT2D eigenvalue weighted by molar-refractivity contribution is 7.99. The van der Waals surface area contributed by atoms with Gasteiger partial charge in [-0.1, -0.05) is 17.4 Å². The monoisotopic (exact) mass is 440 g/mol. The predicted octanol–water partition coefficient (Wildman–Crippen LogP) is 6.36. The molecule has 0 atom stereocenters. The molecule has 0 spiro atoms. The number of hydrogen-bond acceptors (Lipinski definition) is 5. The fraction of sp³-hybridized carbons (Fsp3) is 0.217. The lowest BCUT2D eigenvalue weighted by molar-refractivity contribution is -0.118. The van der Waals surface area contributed by atoms with Gasteiger partial charge in [-0.15, -0.1) is 11.8 Å². The maximum Gasteiger partial charge on any atom is 0.230 e. The molecule has 2 heterocycles. The zero-order chi connectivity index (χ0) is 21.1. The number of fused-ring (bicyclic) bond motifs is 1. The second-order valence-electron chi connectivity index (χ2n) is 6.96. The van der Waals surface area contributed by atoms with Gasteiger partial charge in [0, 0.05) is 17.1 Å². The highest BCUT2D eigenvalue weighted by Crippen LogP contribution is 2.33. The van der Waals surface area contributed by atoms with Crippen molar-refractivity contribution in [2.75, 3.05) is 10.7 Å². The van der Waals surface area contributed by atoms with E-state index in [2.05, 4.69) is 26.0 Å². The molecular formula is C23H21FN2O2S2. The van der Waals surface area contributed by atoms with Crippen LogP contribution in [0.5, 0.6) is 0 Å². The standard InChI is InChI=1S/C23H21FN2O2S2/c1-15-5-10-20-22(16(15)2)25-23(30-20)26(14-18-4-3-12-28-18)21(27)11-13-29-19-8-6-17(24)7-9-19/h3-10,12H,11,13-14H2,1-2H3. The van der Waals surface area contributed by atoms with Crippen LogP contribution in [-0.4, -0.2) is 16.6 Å². The van der Waals surface area contributed by atoms with Gasteiger partial charge in [-0.3, -0.25) is 9.69 Å². The first-order chi connectivity index (χ1) is 14.5. The Hall–Kier alpha value is -2.64. The summed E-state index contributed by atoms with van der Waals surface area (Å²) in [6, 6.07) is 14.1. The lowest BCUT2D eigenvalue weighted by Gasteiger charge is -2.18. The summed E-state index contributed by atoms with van der Waals surface area (Å²) in [5, 5.41) is 0.673. The summed E-state index contributed by atoms with van der Waals surface area (Å²) in [6.45, 7) is 4.45. The highest BCUT2D eigenvalue weighted by Gasteiger charge is 2.22. The average molecular weight is 441 g/mol. The number of thiazole rings is 1. The largest absolute Gasteiger partial charge is 0.467 e. The number of aryl methyl sites for hydroxylation is 2. The van der Waals surface area contributed by atoms with Crippen LogP contribution in [0.25, 0.3) is 10.2 Å². The number of benzene rings is 2. The fourth-order valence-corrected chi connectivity index (χ4v) is 4.96. The van der Waals surface area contributed by atoms with Crippen LogP contribution >= 0.6 is 23.1 Å². The van der Waals surface area contributed by atoms with Gasteiger partial charge in [0.25, 0.3) is 0 Å². The normalized spacial score (nSPS) is 11.2. The molecule has 0 aliphatic rings. The van der Waals surface area contributed by atoms with Crippen LogP contribution in [0.2, 0.25) is 0 Å². The molecule has 1 amide bonds. The van der Waals surface area contributed by atoms with Gasteiger partial charge in [-0.05, 0) is 67.4 Å². The third-order valence-corrected chi connectivity index (χ3v) is 6.96. The zero-order valence-corrected chi connectivity index (χ0v) is 18.4. The molecule has 0 radical (unpaired) electrons. The van der Waals surface area contributed by atoms with Gasteiger partial charge in [-0.2, -0.15) is 0 Å². The summed E-state index contributed by atoms with van der Waals surface area (Å²) in [5.74, 6) is 1.03. The van der Waals surface area contributed by atoms with Crippen molar-refractivity contribution in [3.63, 3.8) is 0 Å². The Kier molecular flexibility index (Phi) is 6.20. The number of aromatic nitrogens is 1. The number of nitrogens with zero attached hydrogens (tertiary/aromatic N) is 2. The van der Waals surface area contributed by atoms with Crippen molar-refractivity contribution in [2.24, 2.45) is 0 Å². The van der Waals surface area contributed by atoms with Gasteiger partial charge >= 0.3 is 0 Å². The van der Waals surface area contributed by atoms with Crippen LogP contribution in [0.4, 0.5) is 9.52 Å². The molecule has 0 aliphatic heterocycles. The van der Waals surface area contributed by atoms with E-state index in [1.807, 2.05) is 12.1 Å². The first-order valence-corrected chi connectivity index (χ1v) is 11.4. The third kappa shape index (κ3) is 4.57. The Bertz CT molecular complexity index is 1150. The maximum absolute atomic E-state index is 13.1. The van der Waals surface area contributed by atoms with Crippen LogP contribution in [0.1, 0.15) is 23.3 Å². The van der Waals surface area contributed by atoms with Crippen molar-refractivity contribution < 1.29 is 13.6 Å². The molecule has 154 valence electrons. The third-order valence-electron chi connectivity index (χ3n) is 4.90. The van der Waals surface area contributed by atoms with Gasteiger partial charge in [0.15, 0.2) is 5.13 Å². The quantitative estimate of drug-likeness (QED) is 0.314. The predicted molar refractivity (Wildman–Crippen MR) is 121 cm³/mol. The number of thioether (sulfide) groups is 1. The molecule has 2 aromatic heterocycles. The van der Waals surface area contributed by atoms with Gasteiger partial charge in [0.05, 0.1) is 23.0 Å². The number of amides is 1. The molecule has 4 nitrogen and oxygen atoms in total. The number of furan rings is 1. The summed E-state index contributed by atoms with van der Waals surface area (Å²) in [4.78, 5) is 20.5. The Morgan fingerprint density at radius 2 is 1.97 bits per heavy atom.